The molecule has 8 nitrogen and oxygen atoms in total. The number of carbonyl (C=O) groups is 1. The minimum absolute atomic E-state index is 0.00453. The number of hydrogen-bond donors (Lipinski definition) is 2. The summed E-state index contributed by atoms with van der Waals surface area (Å²) in [4.78, 5) is 11.8. The lowest BCUT2D eigenvalue weighted by Gasteiger charge is -2.19. The molecule has 2 aromatic carbocycles. The number of nitrogens with one attached hydrogen (secondary N) is 2. The number of nitrogens with zero attached hydrogens (tertiary/aromatic N) is 1. The Morgan fingerprint density at radius 1 is 1.21 bits per heavy atom. The molecule has 154 valence electrons. The molecule has 0 aliphatic carbocycles. The van der Waals surface area contributed by atoms with Crippen molar-refractivity contribution in [3.8, 4) is 0 Å². The molecule has 1 saturated heterocycles. The van der Waals surface area contributed by atoms with E-state index in [0.717, 1.165) is 0 Å². The third-order valence-electron chi connectivity index (χ3n) is 5.02. The molecule has 0 unspecified atom stereocenters. The summed E-state index contributed by atoms with van der Waals surface area (Å²) in [7, 11) is -7.42. The van der Waals surface area contributed by atoms with Gasteiger partial charge in [0.2, 0.25) is 15.9 Å². The number of carbonyl (C=O) groups excluding carboxylic acids is 1. The fraction of sp³-hybridized carbons (Fsp3) is 0.278. The molecule has 2 heterocycles. The Hall–Kier alpha value is -2.30. The van der Waals surface area contributed by atoms with Crippen LogP contribution in [-0.2, 0) is 24.8 Å². The number of anilines is 3. The molecular formula is C18H18ClN3O5S2. The minimum Gasteiger partial charge on any atom is -0.325 e. The summed E-state index contributed by atoms with van der Waals surface area (Å²) in [6.07, 6.45) is 0.481. The van der Waals surface area contributed by atoms with Crippen molar-refractivity contribution in [3.05, 3.63) is 47.0 Å². The van der Waals surface area contributed by atoms with Crippen LogP contribution in [0.25, 0.3) is 0 Å². The standard InChI is InChI=1S/C18H18ClN3O5S2/c1-11-14-10-13(4-6-16(14)20-18(11)23)29(26,27)21-12-3-5-15(19)17(9-12)22-7-2-8-28(22,24)25/h3-6,9-11,21H,2,7-8H2,1H3,(H,20,23)/t11-/m1/s1. The maximum Gasteiger partial charge on any atom is 0.261 e. The highest BCUT2D eigenvalue weighted by molar-refractivity contribution is 7.93. The minimum atomic E-state index is -3.96. The van der Waals surface area contributed by atoms with Crippen molar-refractivity contribution in [1.29, 1.82) is 0 Å². The Balaban J connectivity index is 1.66. The third-order valence-corrected chi connectivity index (χ3v) is 8.57. The first-order valence-corrected chi connectivity index (χ1v) is 12.3. The maximum atomic E-state index is 12.9. The first kappa shape index (κ1) is 20.0. The molecule has 1 fully saturated rings. The number of rotatable bonds is 4. The van der Waals surface area contributed by atoms with Gasteiger partial charge in [-0.3, -0.25) is 13.8 Å². The van der Waals surface area contributed by atoms with Gasteiger partial charge in [0.1, 0.15) is 0 Å². The van der Waals surface area contributed by atoms with Gasteiger partial charge in [0.15, 0.2) is 0 Å². The van der Waals surface area contributed by atoms with Gasteiger partial charge < -0.3 is 5.32 Å². The molecule has 4 rings (SSSR count). The second-order valence-electron chi connectivity index (χ2n) is 6.97. The molecule has 0 radical (unpaired) electrons. The summed E-state index contributed by atoms with van der Waals surface area (Å²) in [5.74, 6) is -0.598. The van der Waals surface area contributed by atoms with Crippen molar-refractivity contribution in [2.24, 2.45) is 0 Å². The van der Waals surface area contributed by atoms with Crippen LogP contribution in [0.15, 0.2) is 41.3 Å². The number of benzene rings is 2. The number of sulfonamides is 2. The lowest BCUT2D eigenvalue weighted by Crippen LogP contribution is -2.25. The Morgan fingerprint density at radius 2 is 1.97 bits per heavy atom. The lowest BCUT2D eigenvalue weighted by atomic mass is 10.0. The van der Waals surface area contributed by atoms with Gasteiger partial charge >= 0.3 is 0 Å². The topological polar surface area (TPSA) is 113 Å². The van der Waals surface area contributed by atoms with Crippen molar-refractivity contribution < 1.29 is 21.6 Å². The van der Waals surface area contributed by atoms with Crippen molar-refractivity contribution in [2.75, 3.05) is 26.6 Å². The van der Waals surface area contributed by atoms with Crippen molar-refractivity contribution >= 4 is 54.6 Å². The number of hydrogen-bond acceptors (Lipinski definition) is 5. The molecule has 2 aliphatic heterocycles. The molecule has 0 spiro atoms. The second kappa shape index (κ2) is 6.89. The average Bonchev–Trinajstić information content (AvgIpc) is 3.15. The van der Waals surface area contributed by atoms with Crippen LogP contribution >= 0.6 is 11.6 Å². The SMILES string of the molecule is C[C@H]1C(=O)Nc2ccc(S(=O)(=O)Nc3ccc(Cl)c(N4CCCS4(=O)=O)c3)cc21. The zero-order valence-electron chi connectivity index (χ0n) is 15.3. The summed E-state index contributed by atoms with van der Waals surface area (Å²) in [5.41, 5.74) is 1.63. The van der Waals surface area contributed by atoms with E-state index in [2.05, 4.69) is 10.0 Å². The van der Waals surface area contributed by atoms with E-state index in [9.17, 15) is 21.6 Å². The van der Waals surface area contributed by atoms with Crippen LogP contribution in [0.1, 0.15) is 24.8 Å². The maximum absolute atomic E-state index is 12.9. The lowest BCUT2D eigenvalue weighted by molar-refractivity contribution is -0.116. The molecule has 2 aliphatic rings. The smallest absolute Gasteiger partial charge is 0.261 e. The van der Waals surface area contributed by atoms with Gasteiger partial charge in [-0.05, 0) is 55.3 Å². The van der Waals surface area contributed by atoms with Gasteiger partial charge in [0.05, 0.1) is 33.0 Å². The number of fused-ring (bicyclic) bond motifs is 1. The highest BCUT2D eigenvalue weighted by Crippen LogP contribution is 2.36. The van der Waals surface area contributed by atoms with E-state index >= 15 is 0 Å². The Kier molecular flexibility index (Phi) is 4.75. The van der Waals surface area contributed by atoms with Crippen LogP contribution in [0.2, 0.25) is 5.02 Å². The molecule has 2 N–H and O–H groups in total. The zero-order chi connectivity index (χ0) is 21.0. The first-order valence-electron chi connectivity index (χ1n) is 8.86. The van der Waals surface area contributed by atoms with Gasteiger partial charge in [0, 0.05) is 12.2 Å². The molecular weight excluding hydrogens is 438 g/mol. The van der Waals surface area contributed by atoms with E-state index in [4.69, 9.17) is 11.6 Å². The Morgan fingerprint density at radius 3 is 2.66 bits per heavy atom. The van der Waals surface area contributed by atoms with Gasteiger partial charge in [-0.15, -0.1) is 0 Å². The predicted molar refractivity (Wildman–Crippen MR) is 111 cm³/mol. The number of halogens is 1. The summed E-state index contributed by atoms with van der Waals surface area (Å²) >= 11 is 6.16. The van der Waals surface area contributed by atoms with Gasteiger partial charge in [-0.2, -0.15) is 0 Å². The quantitative estimate of drug-likeness (QED) is 0.736. The van der Waals surface area contributed by atoms with Crippen molar-refractivity contribution in [2.45, 2.75) is 24.2 Å². The van der Waals surface area contributed by atoms with E-state index in [1.165, 1.54) is 34.6 Å². The average molecular weight is 456 g/mol. The van der Waals surface area contributed by atoms with Crippen LogP contribution in [0.4, 0.5) is 17.1 Å². The molecule has 11 heteroatoms. The highest BCUT2D eigenvalue weighted by atomic mass is 35.5. The van der Waals surface area contributed by atoms with Crippen molar-refractivity contribution in [1.82, 2.24) is 0 Å². The fourth-order valence-electron chi connectivity index (χ4n) is 3.45. The molecule has 1 atom stereocenters. The molecule has 0 aromatic heterocycles. The van der Waals surface area contributed by atoms with Gasteiger partial charge in [-0.25, -0.2) is 16.8 Å². The van der Waals surface area contributed by atoms with Crippen molar-refractivity contribution in [3.63, 3.8) is 0 Å². The molecule has 0 saturated carbocycles. The third kappa shape index (κ3) is 3.56. The van der Waals surface area contributed by atoms with Crippen LogP contribution in [0.3, 0.4) is 0 Å². The van der Waals surface area contributed by atoms with E-state index in [0.29, 0.717) is 24.2 Å². The van der Waals surface area contributed by atoms with Crippen LogP contribution < -0.4 is 14.3 Å². The molecule has 1 amide bonds. The zero-order valence-corrected chi connectivity index (χ0v) is 17.7. The monoisotopic (exact) mass is 455 g/mol. The van der Waals surface area contributed by atoms with E-state index < -0.39 is 26.0 Å². The molecule has 0 bridgehead atoms. The molecule has 2 aromatic rings. The summed E-state index contributed by atoms with van der Waals surface area (Å²) in [5, 5.41) is 2.91. The predicted octanol–water partition coefficient (Wildman–Crippen LogP) is 2.74. The second-order valence-corrected chi connectivity index (χ2v) is 11.1. The van der Waals surface area contributed by atoms with E-state index in [1.54, 1.807) is 13.0 Å². The fourth-order valence-corrected chi connectivity index (χ4v) is 6.38. The van der Waals surface area contributed by atoms with Crippen LogP contribution in [-0.4, -0.2) is 35.0 Å². The normalized spacial score (nSPS) is 20.4. The van der Waals surface area contributed by atoms with Gasteiger partial charge in [0.25, 0.3) is 10.0 Å². The Labute approximate surface area is 174 Å². The highest BCUT2D eigenvalue weighted by Gasteiger charge is 2.31. The first-order chi connectivity index (χ1) is 13.6. The van der Waals surface area contributed by atoms with Gasteiger partial charge in [-0.1, -0.05) is 11.6 Å². The van der Waals surface area contributed by atoms with E-state index in [1.807, 2.05) is 0 Å². The molecule has 29 heavy (non-hydrogen) atoms. The summed E-state index contributed by atoms with van der Waals surface area (Å²) in [6.45, 7) is 1.99. The number of amides is 1. The Bertz CT molecular complexity index is 1230. The summed E-state index contributed by atoms with van der Waals surface area (Å²) in [6, 6.07) is 8.74. The van der Waals surface area contributed by atoms with Crippen LogP contribution in [0.5, 0.6) is 0 Å². The van der Waals surface area contributed by atoms with E-state index in [-0.39, 0.29) is 33.0 Å². The summed E-state index contributed by atoms with van der Waals surface area (Å²) < 4.78 is 53.7. The largest absolute Gasteiger partial charge is 0.325 e. The van der Waals surface area contributed by atoms with Crippen LogP contribution in [0, 0.1) is 0 Å².